The van der Waals surface area contributed by atoms with E-state index in [1.165, 1.54) is 4.90 Å². The fraction of sp³-hybridized carbons (Fsp3) is 0.333. The summed E-state index contributed by atoms with van der Waals surface area (Å²) in [7, 11) is 0. The zero-order chi connectivity index (χ0) is 16.1. The molecular formula is C18H21N3OS. The minimum Gasteiger partial charge on any atom is -0.356 e. The summed E-state index contributed by atoms with van der Waals surface area (Å²) in [5.41, 5.74) is 0. The molecule has 0 radical (unpaired) electrons. The highest BCUT2D eigenvalue weighted by atomic mass is 32.2. The number of benzene rings is 1. The van der Waals surface area contributed by atoms with Crippen molar-refractivity contribution in [2.75, 3.05) is 18.0 Å². The van der Waals surface area contributed by atoms with E-state index >= 15 is 0 Å². The van der Waals surface area contributed by atoms with Crippen LogP contribution in [0.15, 0.2) is 58.5 Å². The van der Waals surface area contributed by atoms with Gasteiger partial charge in [0.05, 0.1) is 0 Å². The zero-order valence-corrected chi connectivity index (χ0v) is 14.1. The van der Waals surface area contributed by atoms with E-state index < -0.39 is 0 Å². The van der Waals surface area contributed by atoms with Gasteiger partial charge in [-0.1, -0.05) is 36.0 Å². The fourth-order valence-corrected chi connectivity index (χ4v) is 3.61. The molecule has 0 unspecified atom stereocenters. The maximum absolute atomic E-state index is 11.1. The van der Waals surface area contributed by atoms with E-state index in [4.69, 9.17) is 4.98 Å². The smallest absolute Gasteiger partial charge is 0.217 e. The number of aromatic nitrogens is 1. The van der Waals surface area contributed by atoms with Crippen LogP contribution in [0.5, 0.6) is 0 Å². The van der Waals surface area contributed by atoms with Gasteiger partial charge in [-0.3, -0.25) is 4.79 Å². The van der Waals surface area contributed by atoms with Crippen LogP contribution in [0.3, 0.4) is 0 Å². The zero-order valence-electron chi connectivity index (χ0n) is 13.2. The Morgan fingerprint density at radius 3 is 2.57 bits per heavy atom. The van der Waals surface area contributed by atoms with Gasteiger partial charge >= 0.3 is 0 Å². The second-order valence-electron chi connectivity index (χ2n) is 5.71. The standard InChI is InChI=1S/C18H21N3OS/c1-14(22)19-15-10-12-21(13-11-15)17-8-5-9-18(20-17)23-16-6-3-2-4-7-16/h2-9,15H,10-13H2,1H3,(H,19,22). The molecule has 1 saturated heterocycles. The third-order valence-corrected chi connectivity index (χ3v) is 4.85. The number of pyridine rings is 1. The van der Waals surface area contributed by atoms with Crippen molar-refractivity contribution in [3.8, 4) is 0 Å². The van der Waals surface area contributed by atoms with Crippen molar-refractivity contribution in [1.29, 1.82) is 0 Å². The largest absolute Gasteiger partial charge is 0.356 e. The van der Waals surface area contributed by atoms with Gasteiger partial charge in [0.2, 0.25) is 5.91 Å². The van der Waals surface area contributed by atoms with Crippen molar-refractivity contribution in [1.82, 2.24) is 10.3 Å². The van der Waals surface area contributed by atoms with E-state index in [0.29, 0.717) is 6.04 Å². The number of hydrogen-bond acceptors (Lipinski definition) is 4. The van der Waals surface area contributed by atoms with Gasteiger partial charge in [-0.25, -0.2) is 4.98 Å². The average Bonchev–Trinajstić information content (AvgIpc) is 2.56. The number of hydrogen-bond donors (Lipinski definition) is 1. The Morgan fingerprint density at radius 2 is 1.87 bits per heavy atom. The van der Waals surface area contributed by atoms with Gasteiger partial charge in [0.25, 0.3) is 0 Å². The molecule has 3 rings (SSSR count). The average molecular weight is 327 g/mol. The Labute approximate surface area is 141 Å². The van der Waals surface area contributed by atoms with Crippen molar-refractivity contribution in [3.63, 3.8) is 0 Å². The molecular weight excluding hydrogens is 306 g/mol. The molecule has 0 bridgehead atoms. The number of carbonyl (C=O) groups is 1. The molecule has 0 aliphatic carbocycles. The second kappa shape index (κ2) is 7.51. The van der Waals surface area contributed by atoms with Crippen molar-refractivity contribution < 1.29 is 4.79 Å². The topological polar surface area (TPSA) is 45.2 Å². The lowest BCUT2D eigenvalue weighted by Crippen LogP contribution is -2.44. The predicted molar refractivity (Wildman–Crippen MR) is 93.9 cm³/mol. The summed E-state index contributed by atoms with van der Waals surface area (Å²) < 4.78 is 0. The maximum atomic E-state index is 11.1. The lowest BCUT2D eigenvalue weighted by molar-refractivity contribution is -0.119. The van der Waals surface area contributed by atoms with Crippen molar-refractivity contribution >= 4 is 23.5 Å². The van der Waals surface area contributed by atoms with Crippen LogP contribution in [0, 0.1) is 0 Å². The van der Waals surface area contributed by atoms with Crippen LogP contribution in [-0.2, 0) is 4.79 Å². The predicted octanol–water partition coefficient (Wildman–Crippen LogP) is 3.34. The normalized spacial score (nSPS) is 15.4. The quantitative estimate of drug-likeness (QED) is 0.935. The Hall–Kier alpha value is -2.01. The minimum absolute atomic E-state index is 0.0582. The summed E-state index contributed by atoms with van der Waals surface area (Å²) >= 11 is 1.68. The maximum Gasteiger partial charge on any atom is 0.217 e. The molecule has 2 aromatic rings. The van der Waals surface area contributed by atoms with Gasteiger partial charge in [-0.15, -0.1) is 0 Å². The minimum atomic E-state index is 0.0582. The molecule has 2 heterocycles. The van der Waals surface area contributed by atoms with Crippen LogP contribution in [0.25, 0.3) is 0 Å². The monoisotopic (exact) mass is 327 g/mol. The van der Waals surface area contributed by atoms with Crippen LogP contribution in [-0.4, -0.2) is 30.0 Å². The molecule has 4 nitrogen and oxygen atoms in total. The highest BCUT2D eigenvalue weighted by molar-refractivity contribution is 7.99. The molecule has 120 valence electrons. The highest BCUT2D eigenvalue weighted by Crippen LogP contribution is 2.28. The van der Waals surface area contributed by atoms with Gasteiger partial charge in [0.15, 0.2) is 0 Å². The number of piperidine rings is 1. The summed E-state index contributed by atoms with van der Waals surface area (Å²) in [5, 5.41) is 4.02. The van der Waals surface area contributed by atoms with Crippen molar-refractivity contribution in [3.05, 3.63) is 48.5 Å². The molecule has 1 aromatic heterocycles. The number of rotatable bonds is 4. The molecule has 5 heteroatoms. The molecule has 0 saturated carbocycles. The number of nitrogens with one attached hydrogen (secondary N) is 1. The molecule has 0 spiro atoms. The molecule has 1 aromatic carbocycles. The van der Waals surface area contributed by atoms with E-state index in [1.807, 2.05) is 24.3 Å². The molecule has 23 heavy (non-hydrogen) atoms. The Balaban J connectivity index is 1.63. The summed E-state index contributed by atoms with van der Waals surface area (Å²) in [6.45, 7) is 3.44. The molecule has 1 aliphatic rings. The number of anilines is 1. The van der Waals surface area contributed by atoms with Crippen LogP contribution in [0.1, 0.15) is 19.8 Å². The van der Waals surface area contributed by atoms with Gasteiger partial charge in [-0.2, -0.15) is 0 Å². The first kappa shape index (κ1) is 15.9. The summed E-state index contributed by atoms with van der Waals surface area (Å²) in [5.74, 6) is 1.08. The summed E-state index contributed by atoms with van der Waals surface area (Å²) in [4.78, 5) is 19.4. The van der Waals surface area contributed by atoms with E-state index in [9.17, 15) is 4.79 Å². The van der Waals surface area contributed by atoms with Crippen LogP contribution in [0.4, 0.5) is 5.82 Å². The first-order valence-electron chi connectivity index (χ1n) is 7.93. The first-order chi connectivity index (χ1) is 11.2. The van der Waals surface area contributed by atoms with Gasteiger partial charge in [0, 0.05) is 31.0 Å². The SMILES string of the molecule is CC(=O)NC1CCN(c2cccc(Sc3ccccc3)n2)CC1. The van der Waals surface area contributed by atoms with E-state index in [0.717, 1.165) is 36.8 Å². The lowest BCUT2D eigenvalue weighted by Gasteiger charge is -2.33. The second-order valence-corrected chi connectivity index (χ2v) is 6.80. The van der Waals surface area contributed by atoms with Crippen LogP contribution < -0.4 is 10.2 Å². The van der Waals surface area contributed by atoms with Gasteiger partial charge in [-0.05, 0) is 37.1 Å². The third-order valence-electron chi connectivity index (χ3n) is 3.90. The number of nitrogens with zero attached hydrogens (tertiary/aromatic N) is 2. The summed E-state index contributed by atoms with van der Waals surface area (Å²) in [6, 6.07) is 16.8. The molecule has 1 amide bonds. The molecule has 1 N–H and O–H groups in total. The van der Waals surface area contributed by atoms with E-state index in [-0.39, 0.29) is 5.91 Å². The van der Waals surface area contributed by atoms with Gasteiger partial charge < -0.3 is 10.2 Å². The van der Waals surface area contributed by atoms with Crippen LogP contribution >= 0.6 is 11.8 Å². The van der Waals surface area contributed by atoms with Crippen molar-refractivity contribution in [2.24, 2.45) is 0 Å². The molecule has 0 atom stereocenters. The fourth-order valence-electron chi connectivity index (χ4n) is 2.79. The first-order valence-corrected chi connectivity index (χ1v) is 8.74. The van der Waals surface area contributed by atoms with Crippen LogP contribution in [0.2, 0.25) is 0 Å². The number of amides is 1. The van der Waals surface area contributed by atoms with E-state index in [1.54, 1.807) is 18.7 Å². The Kier molecular flexibility index (Phi) is 5.18. The van der Waals surface area contributed by atoms with Crippen molar-refractivity contribution in [2.45, 2.75) is 35.7 Å². The lowest BCUT2D eigenvalue weighted by atomic mass is 10.1. The number of carbonyl (C=O) groups excluding carboxylic acids is 1. The molecule has 1 aliphatic heterocycles. The van der Waals surface area contributed by atoms with E-state index in [2.05, 4.69) is 34.5 Å². The van der Waals surface area contributed by atoms with Gasteiger partial charge in [0.1, 0.15) is 10.8 Å². The third kappa shape index (κ3) is 4.48. The Morgan fingerprint density at radius 1 is 1.13 bits per heavy atom. The Bertz CT molecular complexity index is 654. The highest BCUT2D eigenvalue weighted by Gasteiger charge is 2.20. The summed E-state index contributed by atoms with van der Waals surface area (Å²) in [6.07, 6.45) is 1.94. The molecule has 1 fully saturated rings.